The van der Waals surface area contributed by atoms with Crippen molar-refractivity contribution in [2.45, 2.75) is 148 Å². The minimum Gasteiger partial charge on any atom is -0.756 e. The van der Waals surface area contributed by atoms with Gasteiger partial charge < -0.3 is 27.9 Å². The number of allylic oxidation sites excluding steroid dienone is 4. The summed E-state index contributed by atoms with van der Waals surface area (Å²) in [6.07, 6.45) is 27.9. The maximum absolute atomic E-state index is 12.5. The number of phosphoric acid groups is 1. The summed E-state index contributed by atoms with van der Waals surface area (Å²) in [5.41, 5.74) is 0. The van der Waals surface area contributed by atoms with Crippen LogP contribution in [0.25, 0.3) is 0 Å². The number of quaternary nitrogens is 1. The average Bonchev–Trinajstić information content (AvgIpc) is 2.99. The number of ether oxygens (including phenoxy) is 2. The van der Waals surface area contributed by atoms with Gasteiger partial charge in [0.25, 0.3) is 7.82 Å². The Hall–Kier alpha value is -1.51. The highest BCUT2D eigenvalue weighted by Crippen LogP contribution is 2.38. The minimum absolute atomic E-state index is 0.0328. The van der Waals surface area contributed by atoms with Crippen LogP contribution in [0.4, 0.5) is 0 Å². The van der Waals surface area contributed by atoms with Gasteiger partial charge in [-0.2, -0.15) is 0 Å². The number of carbonyl (C=O) groups excluding carboxylic acids is 2. The van der Waals surface area contributed by atoms with Crippen LogP contribution in [0.2, 0.25) is 0 Å². The molecule has 0 rings (SSSR count). The number of unbranched alkanes of at least 4 members (excludes halogenated alkanes) is 14. The first kappa shape index (κ1) is 44.5. The lowest BCUT2D eigenvalue weighted by molar-refractivity contribution is -0.870. The summed E-state index contributed by atoms with van der Waals surface area (Å²) in [5.74, 6) is -0.859. The molecule has 10 heteroatoms. The molecule has 2 unspecified atom stereocenters. The Labute approximate surface area is 281 Å². The molecule has 0 aromatic heterocycles. The fourth-order valence-corrected chi connectivity index (χ4v) is 5.29. The predicted molar refractivity (Wildman–Crippen MR) is 185 cm³/mol. The molecule has 0 heterocycles. The largest absolute Gasteiger partial charge is 0.756 e. The highest BCUT2D eigenvalue weighted by Gasteiger charge is 2.21. The van der Waals surface area contributed by atoms with E-state index >= 15 is 0 Å². The Morgan fingerprint density at radius 1 is 0.674 bits per heavy atom. The van der Waals surface area contributed by atoms with Crippen LogP contribution in [0.15, 0.2) is 24.3 Å². The number of carbonyl (C=O) groups is 2. The number of phosphoric ester groups is 1. The summed E-state index contributed by atoms with van der Waals surface area (Å²) < 4.78 is 33.6. The molecule has 46 heavy (non-hydrogen) atoms. The topological polar surface area (TPSA) is 111 Å². The molecular weight excluding hydrogens is 605 g/mol. The summed E-state index contributed by atoms with van der Waals surface area (Å²) >= 11 is 0. The van der Waals surface area contributed by atoms with Gasteiger partial charge in [0, 0.05) is 12.8 Å². The lowest BCUT2D eigenvalue weighted by Gasteiger charge is -2.28. The molecule has 0 fully saturated rings. The van der Waals surface area contributed by atoms with Crippen LogP contribution in [-0.4, -0.2) is 70.0 Å². The van der Waals surface area contributed by atoms with E-state index in [1.165, 1.54) is 51.4 Å². The van der Waals surface area contributed by atoms with Gasteiger partial charge in [-0.15, -0.1) is 0 Å². The number of nitrogens with zero attached hydrogens (tertiary/aromatic N) is 1. The maximum Gasteiger partial charge on any atom is 0.306 e. The molecule has 9 nitrogen and oxygen atoms in total. The molecule has 0 saturated heterocycles. The molecule has 270 valence electrons. The van der Waals surface area contributed by atoms with Crippen molar-refractivity contribution in [3.63, 3.8) is 0 Å². The van der Waals surface area contributed by atoms with Crippen molar-refractivity contribution in [3.8, 4) is 0 Å². The number of likely N-dealkylation sites (N-methyl/N-ethyl adjacent to an activating group) is 1. The van der Waals surface area contributed by atoms with Crippen LogP contribution >= 0.6 is 7.82 Å². The van der Waals surface area contributed by atoms with Crippen LogP contribution in [0.3, 0.4) is 0 Å². The second-order valence-electron chi connectivity index (χ2n) is 13.2. The van der Waals surface area contributed by atoms with Crippen LogP contribution in [0.5, 0.6) is 0 Å². The Kier molecular flexibility index (Phi) is 28.6. The third-order valence-electron chi connectivity index (χ3n) is 7.47. The zero-order chi connectivity index (χ0) is 34.4. The fraction of sp³-hybridized carbons (Fsp3) is 0.833. The quantitative estimate of drug-likeness (QED) is 0.0230. The van der Waals surface area contributed by atoms with Crippen molar-refractivity contribution in [1.29, 1.82) is 0 Å². The van der Waals surface area contributed by atoms with Gasteiger partial charge in [-0.1, -0.05) is 109 Å². The van der Waals surface area contributed by atoms with Crippen LogP contribution < -0.4 is 4.89 Å². The Balaban J connectivity index is 4.45. The normalized spacial score (nSPS) is 14.1. The third-order valence-corrected chi connectivity index (χ3v) is 8.44. The van der Waals surface area contributed by atoms with E-state index in [2.05, 4.69) is 38.2 Å². The van der Waals surface area contributed by atoms with Crippen molar-refractivity contribution in [2.75, 3.05) is 47.5 Å². The highest BCUT2D eigenvalue weighted by molar-refractivity contribution is 7.45. The Morgan fingerprint density at radius 2 is 1.17 bits per heavy atom. The SMILES string of the molecule is CCCCC/C=C\C/C=C\CCCCCCCC(=O)OC(COC(=O)CCCCCCCCC)COP(=O)([O-])OCC[N+](C)(C)C. The van der Waals surface area contributed by atoms with E-state index in [1.807, 2.05) is 21.1 Å². The van der Waals surface area contributed by atoms with Gasteiger partial charge in [-0.05, 0) is 44.9 Å². The van der Waals surface area contributed by atoms with Crippen molar-refractivity contribution in [3.05, 3.63) is 24.3 Å². The molecule has 0 aliphatic rings. The van der Waals surface area contributed by atoms with Gasteiger partial charge in [-0.25, -0.2) is 0 Å². The summed E-state index contributed by atoms with van der Waals surface area (Å²) in [5, 5.41) is 0. The van der Waals surface area contributed by atoms with E-state index in [9.17, 15) is 19.0 Å². The van der Waals surface area contributed by atoms with Crippen LogP contribution in [0.1, 0.15) is 142 Å². The first-order valence-corrected chi connectivity index (χ1v) is 19.5. The lowest BCUT2D eigenvalue weighted by Crippen LogP contribution is -2.37. The molecule has 0 saturated carbocycles. The molecule has 0 aromatic carbocycles. The number of rotatable bonds is 32. The second kappa shape index (κ2) is 29.6. The first-order valence-electron chi connectivity index (χ1n) is 18.0. The summed E-state index contributed by atoms with van der Waals surface area (Å²) in [6, 6.07) is 0. The zero-order valence-corrected chi connectivity index (χ0v) is 30.9. The van der Waals surface area contributed by atoms with Gasteiger partial charge in [0.1, 0.15) is 19.8 Å². The molecule has 0 radical (unpaired) electrons. The molecule has 0 spiro atoms. The lowest BCUT2D eigenvalue weighted by atomic mass is 10.1. The Morgan fingerprint density at radius 3 is 1.76 bits per heavy atom. The summed E-state index contributed by atoms with van der Waals surface area (Å²) in [6.45, 7) is 4.11. The minimum atomic E-state index is -4.61. The molecular formula is C36H68NO8P. The van der Waals surface area contributed by atoms with Crippen molar-refractivity contribution < 1.29 is 42.1 Å². The zero-order valence-electron chi connectivity index (χ0n) is 30.0. The summed E-state index contributed by atoms with van der Waals surface area (Å²) in [4.78, 5) is 37.1. The number of hydrogen-bond acceptors (Lipinski definition) is 8. The molecule has 0 bridgehead atoms. The van der Waals surface area contributed by atoms with E-state index in [-0.39, 0.29) is 26.1 Å². The standard InChI is InChI=1S/C36H68NO8P/c1-6-8-10-12-14-15-16-17-18-19-20-21-23-25-27-29-36(39)45-34(33-44-46(40,41)43-31-30-37(3,4)5)32-42-35(38)28-26-24-22-13-11-9-7-2/h14-15,17-18,34H,6-13,16,19-33H2,1-5H3/b15-14-,18-17-. The fourth-order valence-electron chi connectivity index (χ4n) is 4.56. The molecule has 0 aromatic rings. The Bertz CT molecular complexity index is 855. The van der Waals surface area contributed by atoms with Gasteiger partial charge in [0.15, 0.2) is 6.10 Å². The first-order chi connectivity index (χ1) is 22.0. The molecule has 0 aliphatic heterocycles. The smallest absolute Gasteiger partial charge is 0.306 e. The van der Waals surface area contributed by atoms with E-state index in [4.69, 9.17) is 18.5 Å². The van der Waals surface area contributed by atoms with Crippen molar-refractivity contribution in [2.24, 2.45) is 0 Å². The predicted octanol–water partition coefficient (Wildman–Crippen LogP) is 8.60. The molecule has 0 aliphatic carbocycles. The van der Waals surface area contributed by atoms with Gasteiger partial charge in [0.2, 0.25) is 0 Å². The van der Waals surface area contributed by atoms with E-state index < -0.39 is 32.5 Å². The van der Waals surface area contributed by atoms with Gasteiger partial charge >= 0.3 is 11.9 Å². The van der Waals surface area contributed by atoms with Crippen LogP contribution in [-0.2, 0) is 32.7 Å². The average molecular weight is 674 g/mol. The number of esters is 2. The second-order valence-corrected chi connectivity index (χ2v) is 14.6. The van der Waals surface area contributed by atoms with Crippen molar-refractivity contribution >= 4 is 19.8 Å². The maximum atomic E-state index is 12.5. The van der Waals surface area contributed by atoms with Crippen LogP contribution in [0, 0.1) is 0 Å². The monoisotopic (exact) mass is 673 g/mol. The molecule has 0 N–H and O–H groups in total. The summed E-state index contributed by atoms with van der Waals surface area (Å²) in [7, 11) is 1.15. The molecule has 0 amide bonds. The van der Waals surface area contributed by atoms with E-state index in [0.717, 1.165) is 57.8 Å². The molecule has 2 atom stereocenters. The van der Waals surface area contributed by atoms with Gasteiger partial charge in [-0.3, -0.25) is 14.2 Å². The highest BCUT2D eigenvalue weighted by atomic mass is 31.2. The third kappa shape index (κ3) is 32.4. The van der Waals surface area contributed by atoms with E-state index in [1.54, 1.807) is 0 Å². The van der Waals surface area contributed by atoms with Crippen molar-refractivity contribution in [1.82, 2.24) is 0 Å². The number of hydrogen-bond donors (Lipinski definition) is 0. The van der Waals surface area contributed by atoms with E-state index in [0.29, 0.717) is 17.4 Å². The van der Waals surface area contributed by atoms with Gasteiger partial charge in [0.05, 0.1) is 27.7 Å².